The zero-order chi connectivity index (χ0) is 16.6. The molecular weight excluding hydrogens is 380 g/mol. The van der Waals surface area contributed by atoms with Crippen LogP contribution in [0, 0.1) is 0 Å². The molecule has 1 heterocycles. The van der Waals surface area contributed by atoms with Gasteiger partial charge in [-0.05, 0) is 24.3 Å². The van der Waals surface area contributed by atoms with Crippen molar-refractivity contribution in [2.45, 2.75) is 4.90 Å². The molecule has 0 aliphatic carbocycles. The first kappa shape index (κ1) is 15.8. The van der Waals surface area contributed by atoms with Crippen LogP contribution in [0.1, 0.15) is 5.56 Å². The van der Waals surface area contributed by atoms with Crippen molar-refractivity contribution in [1.82, 2.24) is 5.32 Å². The van der Waals surface area contributed by atoms with Crippen molar-refractivity contribution in [1.29, 1.82) is 0 Å². The lowest BCUT2D eigenvalue weighted by Gasteiger charge is -2.10. The molecule has 0 fully saturated rings. The predicted molar refractivity (Wildman–Crippen MR) is 92.4 cm³/mol. The summed E-state index contributed by atoms with van der Waals surface area (Å²) in [4.78, 5) is 12.0. The molecule has 2 aromatic carbocycles. The van der Waals surface area contributed by atoms with E-state index in [1.807, 2.05) is 18.2 Å². The van der Waals surface area contributed by atoms with Gasteiger partial charge in [-0.25, -0.2) is 8.42 Å². The summed E-state index contributed by atoms with van der Waals surface area (Å²) in [7, 11) is -2.44. The maximum Gasteiger partial charge on any atom is 0.265 e. The van der Waals surface area contributed by atoms with Gasteiger partial charge in [0.2, 0.25) is 9.84 Å². The molecule has 23 heavy (non-hydrogen) atoms. The van der Waals surface area contributed by atoms with Gasteiger partial charge in [-0.15, -0.1) is 0 Å². The number of hydrogen-bond donors (Lipinski definition) is 2. The molecule has 5 nitrogen and oxygen atoms in total. The Hall–Kier alpha value is -2.12. The van der Waals surface area contributed by atoms with Gasteiger partial charge in [0, 0.05) is 22.8 Å². The van der Waals surface area contributed by atoms with E-state index in [2.05, 4.69) is 26.6 Å². The molecule has 118 valence electrons. The van der Waals surface area contributed by atoms with Crippen LogP contribution >= 0.6 is 15.9 Å². The highest BCUT2D eigenvalue weighted by Crippen LogP contribution is 2.39. The third-order valence-electron chi connectivity index (χ3n) is 3.47. The second kappa shape index (κ2) is 5.82. The number of nitrogens with one attached hydrogen (secondary N) is 2. The molecule has 0 saturated heterocycles. The second-order valence-corrected chi connectivity index (χ2v) is 7.69. The van der Waals surface area contributed by atoms with Crippen LogP contribution in [0.5, 0.6) is 0 Å². The smallest absolute Gasteiger partial charge is 0.265 e. The van der Waals surface area contributed by atoms with Gasteiger partial charge in [0.15, 0.2) is 4.91 Å². The van der Waals surface area contributed by atoms with Gasteiger partial charge in [0.25, 0.3) is 5.91 Å². The van der Waals surface area contributed by atoms with Crippen LogP contribution in [0.15, 0.2) is 62.8 Å². The van der Waals surface area contributed by atoms with Crippen LogP contribution in [0.2, 0.25) is 0 Å². The Bertz CT molecular complexity index is 936. The maximum atomic E-state index is 12.7. The van der Waals surface area contributed by atoms with Gasteiger partial charge in [-0.1, -0.05) is 40.2 Å². The zero-order valence-corrected chi connectivity index (χ0v) is 14.5. The Morgan fingerprint density at radius 2 is 1.83 bits per heavy atom. The minimum Gasteiger partial charge on any atom is -0.354 e. The van der Waals surface area contributed by atoms with Gasteiger partial charge in [-0.3, -0.25) is 4.79 Å². The van der Waals surface area contributed by atoms with E-state index in [1.165, 1.54) is 13.1 Å². The minimum absolute atomic E-state index is 0.135. The van der Waals surface area contributed by atoms with Crippen molar-refractivity contribution in [2.24, 2.45) is 0 Å². The van der Waals surface area contributed by atoms with Crippen LogP contribution in [0.3, 0.4) is 0 Å². The summed E-state index contributed by atoms with van der Waals surface area (Å²) in [6.45, 7) is 0. The number of carbonyl (C=O) groups is 1. The number of amides is 1. The number of rotatable bonds is 3. The minimum atomic E-state index is -3.84. The van der Waals surface area contributed by atoms with Gasteiger partial charge in [0.1, 0.15) is 0 Å². The molecule has 0 spiro atoms. The number of anilines is 1. The van der Waals surface area contributed by atoms with Gasteiger partial charge >= 0.3 is 0 Å². The average molecular weight is 393 g/mol. The highest BCUT2D eigenvalue weighted by molar-refractivity contribution is 9.10. The zero-order valence-electron chi connectivity index (χ0n) is 12.1. The van der Waals surface area contributed by atoms with Crippen molar-refractivity contribution in [2.75, 3.05) is 12.4 Å². The molecule has 0 atom stereocenters. The third kappa shape index (κ3) is 2.66. The van der Waals surface area contributed by atoms with Gasteiger partial charge in [-0.2, -0.15) is 0 Å². The van der Waals surface area contributed by atoms with Crippen LogP contribution in [-0.4, -0.2) is 21.4 Å². The molecule has 7 heteroatoms. The predicted octanol–water partition coefficient (Wildman–Crippen LogP) is 2.76. The molecule has 1 amide bonds. The summed E-state index contributed by atoms with van der Waals surface area (Å²) >= 11 is 3.37. The molecule has 2 N–H and O–H groups in total. The summed E-state index contributed by atoms with van der Waals surface area (Å²) in [6, 6.07) is 13.9. The van der Waals surface area contributed by atoms with Crippen molar-refractivity contribution in [3.63, 3.8) is 0 Å². The maximum absolute atomic E-state index is 12.7. The molecule has 0 aromatic heterocycles. The van der Waals surface area contributed by atoms with Crippen LogP contribution in [0.4, 0.5) is 5.69 Å². The standard InChI is InChI=1S/C16H13BrN2O3S/c1-18-16(20)15-14(19-11-6-4-5-10(17)9-11)12-7-2-3-8-13(12)23(15,21)22/h2-9,19H,1H3,(H,18,20). The monoisotopic (exact) mass is 392 g/mol. The fraction of sp³-hybridized carbons (Fsp3) is 0.0625. The number of likely N-dealkylation sites (N-methyl/N-ethyl adjacent to an activating group) is 1. The quantitative estimate of drug-likeness (QED) is 0.841. The first-order chi connectivity index (χ1) is 10.9. The van der Waals surface area contributed by atoms with E-state index in [-0.39, 0.29) is 15.5 Å². The number of carbonyl (C=O) groups excluding carboxylic acids is 1. The fourth-order valence-corrected chi connectivity index (χ4v) is 4.57. The second-order valence-electron chi connectivity index (χ2n) is 4.92. The Morgan fingerprint density at radius 1 is 1.09 bits per heavy atom. The Kier molecular flexibility index (Phi) is 3.99. The van der Waals surface area contributed by atoms with E-state index in [1.54, 1.807) is 24.3 Å². The van der Waals surface area contributed by atoms with Crippen LogP contribution < -0.4 is 10.6 Å². The lowest BCUT2D eigenvalue weighted by molar-refractivity contribution is -0.116. The lowest BCUT2D eigenvalue weighted by atomic mass is 10.1. The topological polar surface area (TPSA) is 75.3 Å². The number of halogens is 1. The average Bonchev–Trinajstić information content (AvgIpc) is 2.75. The van der Waals surface area contributed by atoms with Crippen molar-refractivity contribution >= 4 is 43.1 Å². The van der Waals surface area contributed by atoms with Gasteiger partial charge < -0.3 is 10.6 Å². The molecule has 0 saturated carbocycles. The van der Waals surface area contributed by atoms with E-state index in [0.29, 0.717) is 11.3 Å². The molecule has 1 aliphatic rings. The summed E-state index contributed by atoms with van der Waals surface area (Å²) in [5.41, 5.74) is 1.46. The van der Waals surface area contributed by atoms with Crippen molar-refractivity contribution < 1.29 is 13.2 Å². The summed E-state index contributed by atoms with van der Waals surface area (Å²) < 4.78 is 26.2. The highest BCUT2D eigenvalue weighted by Gasteiger charge is 2.39. The first-order valence-electron chi connectivity index (χ1n) is 6.78. The molecule has 2 aromatic rings. The molecule has 1 aliphatic heterocycles. The summed E-state index contributed by atoms with van der Waals surface area (Å²) in [5.74, 6) is -0.640. The molecule has 0 radical (unpaired) electrons. The lowest BCUT2D eigenvalue weighted by Crippen LogP contribution is -2.24. The van der Waals surface area contributed by atoms with Crippen LogP contribution in [-0.2, 0) is 14.6 Å². The van der Waals surface area contributed by atoms with Gasteiger partial charge in [0.05, 0.1) is 10.6 Å². The molecular formula is C16H13BrN2O3S. The normalized spacial score (nSPS) is 15.2. The number of benzene rings is 2. The summed E-state index contributed by atoms with van der Waals surface area (Å²) in [5, 5.41) is 5.47. The number of hydrogen-bond acceptors (Lipinski definition) is 4. The van der Waals surface area contributed by atoms with Crippen molar-refractivity contribution in [3.05, 3.63) is 63.5 Å². The van der Waals surface area contributed by atoms with E-state index in [9.17, 15) is 13.2 Å². The van der Waals surface area contributed by atoms with Crippen molar-refractivity contribution in [3.8, 4) is 0 Å². The largest absolute Gasteiger partial charge is 0.354 e. The highest BCUT2D eigenvalue weighted by atomic mass is 79.9. The summed E-state index contributed by atoms with van der Waals surface area (Å²) in [6.07, 6.45) is 0. The van der Waals surface area contributed by atoms with E-state index in [0.717, 1.165) is 4.47 Å². The Morgan fingerprint density at radius 3 is 2.52 bits per heavy atom. The molecule has 3 rings (SSSR count). The molecule has 0 bridgehead atoms. The number of fused-ring (bicyclic) bond motifs is 1. The molecule has 0 unspecified atom stereocenters. The number of sulfone groups is 1. The Balaban J connectivity index is 2.21. The third-order valence-corrected chi connectivity index (χ3v) is 5.82. The van der Waals surface area contributed by atoms with E-state index >= 15 is 0 Å². The first-order valence-corrected chi connectivity index (χ1v) is 9.06. The van der Waals surface area contributed by atoms with E-state index < -0.39 is 15.7 Å². The fourth-order valence-electron chi connectivity index (χ4n) is 2.46. The Labute approximate surface area is 142 Å². The SMILES string of the molecule is CNC(=O)C1=C(Nc2cccc(Br)c2)c2ccccc2S1(=O)=O. The van der Waals surface area contributed by atoms with E-state index in [4.69, 9.17) is 0 Å². The van der Waals surface area contributed by atoms with Crippen LogP contribution in [0.25, 0.3) is 5.70 Å².